The average Bonchev–Trinajstić information content (AvgIpc) is 2.69. The van der Waals surface area contributed by atoms with E-state index in [1.807, 2.05) is 0 Å². The van der Waals surface area contributed by atoms with Crippen molar-refractivity contribution >= 4 is 5.69 Å². The maximum Gasteiger partial charge on any atom is 0.368 e. The van der Waals surface area contributed by atoms with Gasteiger partial charge in [0.2, 0.25) is 0 Å². The van der Waals surface area contributed by atoms with Crippen LogP contribution in [0.25, 0.3) is 5.69 Å². The van der Waals surface area contributed by atoms with E-state index >= 15 is 0 Å². The first kappa shape index (κ1) is 11.8. The van der Waals surface area contributed by atoms with Crippen LogP contribution in [-0.2, 0) is 7.05 Å². The fourth-order valence-electron chi connectivity index (χ4n) is 1.42. The van der Waals surface area contributed by atoms with E-state index < -0.39 is 10.6 Å². The Morgan fingerprint density at radius 3 is 2.61 bits per heavy atom. The van der Waals surface area contributed by atoms with Crippen molar-refractivity contribution in [1.82, 2.24) is 19.8 Å². The van der Waals surface area contributed by atoms with Gasteiger partial charge in [-0.05, 0) is 16.5 Å². The van der Waals surface area contributed by atoms with Gasteiger partial charge in [0.05, 0.1) is 18.1 Å². The largest absolute Gasteiger partial charge is 0.494 e. The Morgan fingerprint density at radius 1 is 1.39 bits per heavy atom. The van der Waals surface area contributed by atoms with Crippen LogP contribution in [0.15, 0.2) is 23.0 Å². The van der Waals surface area contributed by atoms with Crippen LogP contribution in [0, 0.1) is 10.1 Å². The van der Waals surface area contributed by atoms with Gasteiger partial charge in [-0.1, -0.05) is 0 Å². The minimum absolute atomic E-state index is 0.132. The van der Waals surface area contributed by atoms with Crippen LogP contribution in [0.5, 0.6) is 5.75 Å². The molecule has 0 radical (unpaired) electrons. The first-order valence-electron chi connectivity index (χ1n) is 4.86. The average molecular weight is 251 g/mol. The highest BCUT2D eigenvalue weighted by molar-refractivity contribution is 5.52. The molecule has 18 heavy (non-hydrogen) atoms. The molecule has 0 atom stereocenters. The summed E-state index contributed by atoms with van der Waals surface area (Å²) < 4.78 is 7.06. The summed E-state index contributed by atoms with van der Waals surface area (Å²) in [6.07, 6.45) is 0. The lowest BCUT2D eigenvalue weighted by Gasteiger charge is -2.05. The summed E-state index contributed by atoms with van der Waals surface area (Å²) >= 11 is 0. The monoisotopic (exact) mass is 251 g/mol. The summed E-state index contributed by atoms with van der Waals surface area (Å²) in [6.45, 7) is 0. The Labute approximate surface area is 100 Å². The number of hydrogen-bond donors (Lipinski definition) is 0. The molecule has 0 N–H and O–H groups in total. The predicted octanol–water partition coefficient (Wildman–Crippen LogP) is -0.117. The molecular weight excluding hydrogens is 242 g/mol. The van der Waals surface area contributed by atoms with Crippen LogP contribution in [0.1, 0.15) is 0 Å². The summed E-state index contributed by atoms with van der Waals surface area (Å²) in [4.78, 5) is 21.8. The maximum atomic E-state index is 11.7. The van der Waals surface area contributed by atoms with E-state index in [0.717, 1.165) is 9.36 Å². The second-order valence-corrected chi connectivity index (χ2v) is 3.41. The minimum Gasteiger partial charge on any atom is -0.494 e. The smallest absolute Gasteiger partial charge is 0.368 e. The highest BCUT2D eigenvalue weighted by Crippen LogP contribution is 2.26. The van der Waals surface area contributed by atoms with E-state index in [2.05, 4.69) is 10.4 Å². The molecule has 0 saturated heterocycles. The van der Waals surface area contributed by atoms with Crippen molar-refractivity contribution in [2.45, 2.75) is 0 Å². The van der Waals surface area contributed by atoms with E-state index in [9.17, 15) is 14.9 Å². The quantitative estimate of drug-likeness (QED) is 0.556. The summed E-state index contributed by atoms with van der Waals surface area (Å²) in [5, 5.41) is 17.8. The van der Waals surface area contributed by atoms with E-state index in [4.69, 9.17) is 4.74 Å². The van der Waals surface area contributed by atoms with E-state index in [0.29, 0.717) is 5.69 Å². The van der Waals surface area contributed by atoms with Crippen LogP contribution in [0.3, 0.4) is 0 Å². The molecule has 0 aliphatic carbocycles. The molecule has 2 rings (SSSR count). The van der Waals surface area contributed by atoms with Crippen molar-refractivity contribution < 1.29 is 9.66 Å². The van der Waals surface area contributed by atoms with Gasteiger partial charge in [0.25, 0.3) is 5.69 Å². The van der Waals surface area contributed by atoms with Crippen LogP contribution in [0.4, 0.5) is 5.69 Å². The van der Waals surface area contributed by atoms with Crippen molar-refractivity contribution in [3.63, 3.8) is 0 Å². The highest BCUT2D eigenvalue weighted by Gasteiger charge is 2.15. The lowest BCUT2D eigenvalue weighted by Crippen LogP contribution is -2.22. The Balaban J connectivity index is 2.62. The summed E-state index contributed by atoms with van der Waals surface area (Å²) in [7, 11) is 2.80. The topological polar surface area (TPSA) is 105 Å². The van der Waals surface area contributed by atoms with Crippen LogP contribution in [0.2, 0.25) is 0 Å². The first-order valence-corrected chi connectivity index (χ1v) is 4.86. The normalized spacial score (nSPS) is 10.3. The molecule has 9 heteroatoms. The van der Waals surface area contributed by atoms with Gasteiger partial charge in [0, 0.05) is 13.1 Å². The van der Waals surface area contributed by atoms with Gasteiger partial charge >= 0.3 is 5.69 Å². The number of rotatable bonds is 3. The summed E-state index contributed by atoms with van der Waals surface area (Å²) in [5.74, 6) is 0.173. The minimum atomic E-state index is -0.550. The molecular formula is C9H9N5O4. The number of nitro benzene ring substituents is 1. The molecule has 0 spiro atoms. The van der Waals surface area contributed by atoms with Crippen molar-refractivity contribution in [2.75, 3.05) is 7.11 Å². The number of non-ortho nitro benzene ring substituents is 1. The van der Waals surface area contributed by atoms with Crippen LogP contribution in [-0.4, -0.2) is 31.8 Å². The number of hydrogen-bond acceptors (Lipinski definition) is 6. The van der Waals surface area contributed by atoms with Crippen LogP contribution < -0.4 is 10.4 Å². The van der Waals surface area contributed by atoms with Gasteiger partial charge in [0.1, 0.15) is 5.69 Å². The van der Waals surface area contributed by atoms with Gasteiger partial charge in [0.15, 0.2) is 5.75 Å². The molecule has 0 amide bonds. The number of aromatic nitrogens is 4. The van der Waals surface area contributed by atoms with Crippen molar-refractivity contribution in [2.24, 2.45) is 7.05 Å². The molecule has 94 valence electrons. The Bertz CT molecular complexity index is 659. The maximum absolute atomic E-state index is 11.7. The summed E-state index contributed by atoms with van der Waals surface area (Å²) in [5.41, 5.74) is -0.309. The van der Waals surface area contributed by atoms with Crippen molar-refractivity contribution in [3.05, 3.63) is 38.8 Å². The molecule has 1 aromatic heterocycles. The lowest BCUT2D eigenvalue weighted by molar-refractivity contribution is -0.384. The first-order chi connectivity index (χ1) is 8.54. The standard InChI is InChI=1S/C9H9N5O4/c1-12-9(15)13(11-10-12)7-4-3-6(14(16)17)5-8(7)18-2/h3-5H,1-2H3. The molecule has 0 unspecified atom stereocenters. The number of methoxy groups -OCH3 is 1. The highest BCUT2D eigenvalue weighted by atomic mass is 16.6. The number of ether oxygens (including phenoxy) is 1. The van der Waals surface area contributed by atoms with E-state index in [1.54, 1.807) is 0 Å². The van der Waals surface area contributed by atoms with Gasteiger partial charge in [-0.15, -0.1) is 0 Å². The van der Waals surface area contributed by atoms with E-state index in [1.165, 1.54) is 32.4 Å². The number of nitro groups is 1. The molecule has 0 bridgehead atoms. The second-order valence-electron chi connectivity index (χ2n) is 3.41. The van der Waals surface area contributed by atoms with Gasteiger partial charge in [-0.25, -0.2) is 4.79 Å². The van der Waals surface area contributed by atoms with Crippen molar-refractivity contribution in [3.8, 4) is 11.4 Å². The fraction of sp³-hybridized carbons (Fsp3) is 0.222. The molecule has 9 nitrogen and oxygen atoms in total. The zero-order valence-corrected chi connectivity index (χ0v) is 9.60. The number of aryl methyl sites for hydroxylation is 1. The molecule has 0 aliphatic rings. The number of nitrogens with zero attached hydrogens (tertiary/aromatic N) is 5. The van der Waals surface area contributed by atoms with Crippen LogP contribution >= 0.6 is 0 Å². The Morgan fingerprint density at radius 2 is 2.11 bits per heavy atom. The second kappa shape index (κ2) is 4.28. The zero-order valence-electron chi connectivity index (χ0n) is 9.60. The molecule has 1 heterocycles. The van der Waals surface area contributed by atoms with Gasteiger partial charge in [-0.2, -0.15) is 9.36 Å². The number of tetrazole rings is 1. The molecule has 1 aromatic carbocycles. The molecule has 2 aromatic rings. The third-order valence-electron chi connectivity index (χ3n) is 2.32. The molecule has 0 aliphatic heterocycles. The third kappa shape index (κ3) is 1.81. The van der Waals surface area contributed by atoms with Gasteiger partial charge in [-0.3, -0.25) is 10.1 Å². The summed E-state index contributed by atoms with van der Waals surface area (Å²) in [6, 6.07) is 3.86. The predicted molar refractivity (Wildman–Crippen MR) is 59.8 cm³/mol. The SMILES string of the molecule is COc1cc([N+](=O)[O-])ccc1-n1nnn(C)c1=O. The Hall–Kier alpha value is -2.71. The molecule has 0 saturated carbocycles. The fourth-order valence-corrected chi connectivity index (χ4v) is 1.42. The lowest BCUT2D eigenvalue weighted by atomic mass is 10.2. The van der Waals surface area contributed by atoms with Crippen molar-refractivity contribution in [1.29, 1.82) is 0 Å². The van der Waals surface area contributed by atoms with Gasteiger partial charge < -0.3 is 4.74 Å². The molecule has 0 fully saturated rings. The number of benzene rings is 1. The Kier molecular flexibility index (Phi) is 2.80. The zero-order chi connectivity index (χ0) is 13.3. The van der Waals surface area contributed by atoms with E-state index in [-0.39, 0.29) is 11.4 Å². The third-order valence-corrected chi connectivity index (χ3v) is 2.32.